The largest absolute Gasteiger partial charge is 0.497 e. The number of imide groups is 2. The van der Waals surface area contributed by atoms with Crippen LogP contribution in [-0.2, 0) is 9.59 Å². The van der Waals surface area contributed by atoms with Gasteiger partial charge in [-0.05, 0) is 30.3 Å². The van der Waals surface area contributed by atoms with Crippen LogP contribution in [0.5, 0.6) is 5.75 Å². The Morgan fingerprint density at radius 3 is 2.67 bits per heavy atom. The summed E-state index contributed by atoms with van der Waals surface area (Å²) in [5.41, 5.74) is 2.49. The number of hydrogen-bond acceptors (Lipinski definition) is 6. The number of anilines is 1. The molecule has 11 heteroatoms. The number of amides is 5. The van der Waals surface area contributed by atoms with Crippen LogP contribution in [0.1, 0.15) is 10.4 Å². The third kappa shape index (κ3) is 4.42. The minimum atomic E-state index is -1.44. The van der Waals surface area contributed by atoms with Gasteiger partial charge in [0, 0.05) is 17.3 Å². The number of barbiturate groups is 1. The molecule has 1 heterocycles. The molecule has 2 aromatic carbocycles. The fourth-order valence-corrected chi connectivity index (χ4v) is 3.11. The van der Waals surface area contributed by atoms with E-state index in [1.54, 1.807) is 12.1 Å². The van der Waals surface area contributed by atoms with Gasteiger partial charge < -0.3 is 4.74 Å². The lowest BCUT2D eigenvalue weighted by Gasteiger charge is -2.28. The summed E-state index contributed by atoms with van der Waals surface area (Å²) in [6.45, 7) is 0. The zero-order chi connectivity index (χ0) is 21.8. The van der Waals surface area contributed by atoms with Crippen molar-refractivity contribution in [3.05, 3.63) is 58.1 Å². The molecule has 2 N–H and O–H groups in total. The van der Waals surface area contributed by atoms with E-state index in [2.05, 4.69) is 15.8 Å². The number of hydrogen-bond donors (Lipinski definition) is 2. The summed E-state index contributed by atoms with van der Waals surface area (Å²) in [4.78, 5) is 50.0. The molecule has 1 atom stereocenters. The maximum atomic E-state index is 12.7. The first kappa shape index (κ1) is 21.3. The molecule has 9 nitrogen and oxygen atoms in total. The molecular weight excluding hydrogens is 435 g/mol. The number of carbonyl (C=O) groups excluding carboxylic acids is 4. The molecule has 1 aliphatic rings. The number of benzene rings is 2. The van der Waals surface area contributed by atoms with E-state index in [4.69, 9.17) is 27.9 Å². The number of halogens is 2. The van der Waals surface area contributed by atoms with Crippen molar-refractivity contribution in [2.45, 2.75) is 0 Å². The van der Waals surface area contributed by atoms with Crippen molar-refractivity contribution in [2.24, 2.45) is 11.0 Å². The zero-order valence-electron chi connectivity index (χ0n) is 15.4. The predicted molar refractivity (Wildman–Crippen MR) is 110 cm³/mol. The van der Waals surface area contributed by atoms with Gasteiger partial charge in [-0.2, -0.15) is 5.10 Å². The van der Waals surface area contributed by atoms with Crippen LogP contribution in [0.4, 0.5) is 10.5 Å². The first-order valence-electron chi connectivity index (χ1n) is 8.43. The maximum Gasteiger partial charge on any atom is 0.335 e. The smallest absolute Gasteiger partial charge is 0.335 e. The highest BCUT2D eigenvalue weighted by Gasteiger charge is 2.40. The molecule has 0 unspecified atom stereocenters. The highest BCUT2D eigenvalue weighted by Crippen LogP contribution is 2.24. The molecule has 2 aromatic rings. The van der Waals surface area contributed by atoms with E-state index in [9.17, 15) is 19.2 Å². The van der Waals surface area contributed by atoms with Crippen molar-refractivity contribution in [3.8, 4) is 5.75 Å². The minimum Gasteiger partial charge on any atom is -0.497 e. The van der Waals surface area contributed by atoms with Gasteiger partial charge in [0.25, 0.3) is 11.8 Å². The Hall–Kier alpha value is -3.43. The van der Waals surface area contributed by atoms with Crippen LogP contribution >= 0.6 is 23.2 Å². The molecule has 0 aliphatic carbocycles. The van der Waals surface area contributed by atoms with E-state index in [0.717, 1.165) is 11.1 Å². The highest BCUT2D eigenvalue weighted by molar-refractivity contribution is 6.37. The number of hydrazone groups is 1. The number of ether oxygens (including phenoxy) is 1. The maximum absolute atomic E-state index is 12.7. The number of methoxy groups -OCH3 is 1. The molecule has 3 rings (SSSR count). The van der Waals surface area contributed by atoms with E-state index in [0.29, 0.717) is 10.8 Å². The number of nitrogens with one attached hydrogen (secondary N) is 2. The van der Waals surface area contributed by atoms with Gasteiger partial charge in [-0.15, -0.1) is 0 Å². The molecule has 154 valence electrons. The Morgan fingerprint density at radius 1 is 1.20 bits per heavy atom. The summed E-state index contributed by atoms with van der Waals surface area (Å²) >= 11 is 11.7. The number of carbonyl (C=O) groups is 4. The second-order valence-electron chi connectivity index (χ2n) is 5.99. The van der Waals surface area contributed by atoms with Crippen molar-refractivity contribution in [3.63, 3.8) is 0 Å². The molecule has 5 amide bonds. The summed E-state index contributed by atoms with van der Waals surface area (Å²) in [7, 11) is 1.44. The minimum absolute atomic E-state index is 0.103. The Kier molecular flexibility index (Phi) is 6.34. The molecule has 0 radical (unpaired) electrons. The summed E-state index contributed by atoms with van der Waals surface area (Å²) in [5, 5.41) is 6.20. The molecule has 30 heavy (non-hydrogen) atoms. The first-order valence-corrected chi connectivity index (χ1v) is 9.19. The average molecular weight is 449 g/mol. The van der Waals surface area contributed by atoms with E-state index >= 15 is 0 Å². The summed E-state index contributed by atoms with van der Waals surface area (Å²) in [6.07, 6.45) is 0.930. The topological polar surface area (TPSA) is 117 Å². The standard InChI is InChI=1S/C19H14Cl2N4O5/c1-30-12-4-2-3-11(8-12)25-18(28)14(16(26)23-19(25)29)9-22-24-17(27)13-6-5-10(20)7-15(13)21/h2-9,14H,1H3,(H,24,27)(H,23,26,29)/b22-9-/t14-/m0/s1. The average Bonchev–Trinajstić information content (AvgIpc) is 2.70. The van der Waals surface area contributed by atoms with Crippen molar-refractivity contribution in [2.75, 3.05) is 12.0 Å². The number of rotatable bonds is 5. The lowest BCUT2D eigenvalue weighted by atomic mass is 10.1. The monoisotopic (exact) mass is 448 g/mol. The van der Waals surface area contributed by atoms with Gasteiger partial charge in [0.05, 0.1) is 23.4 Å². The highest BCUT2D eigenvalue weighted by atomic mass is 35.5. The van der Waals surface area contributed by atoms with Gasteiger partial charge >= 0.3 is 6.03 Å². The summed E-state index contributed by atoms with van der Waals surface area (Å²) in [6, 6.07) is 9.55. The van der Waals surface area contributed by atoms with Gasteiger partial charge in [-0.25, -0.2) is 15.1 Å². The first-order chi connectivity index (χ1) is 14.3. The lowest BCUT2D eigenvalue weighted by molar-refractivity contribution is -0.131. The van der Waals surface area contributed by atoms with Crippen LogP contribution in [0.2, 0.25) is 10.0 Å². The van der Waals surface area contributed by atoms with Crippen LogP contribution in [0, 0.1) is 5.92 Å². The fraction of sp³-hybridized carbons (Fsp3) is 0.105. The molecule has 1 saturated heterocycles. The molecule has 0 bridgehead atoms. The predicted octanol–water partition coefficient (Wildman–Crippen LogP) is 2.62. The van der Waals surface area contributed by atoms with Crippen LogP contribution in [0.25, 0.3) is 0 Å². The normalized spacial score (nSPS) is 16.6. The molecule has 0 saturated carbocycles. The van der Waals surface area contributed by atoms with Crippen LogP contribution in [0.15, 0.2) is 47.6 Å². The quantitative estimate of drug-likeness (QED) is 0.414. The van der Waals surface area contributed by atoms with Crippen LogP contribution in [0.3, 0.4) is 0 Å². The Bertz CT molecular complexity index is 1070. The second kappa shape index (κ2) is 8.93. The molecule has 1 aliphatic heterocycles. The Balaban J connectivity index is 1.77. The van der Waals surface area contributed by atoms with Crippen molar-refractivity contribution < 1.29 is 23.9 Å². The molecule has 0 aromatic heterocycles. The Labute approximate surface area is 180 Å². The van der Waals surface area contributed by atoms with Crippen molar-refractivity contribution in [1.29, 1.82) is 0 Å². The molecular formula is C19H14Cl2N4O5. The van der Waals surface area contributed by atoms with Gasteiger partial charge in [0.15, 0.2) is 5.92 Å². The fourth-order valence-electron chi connectivity index (χ4n) is 2.62. The third-order valence-electron chi connectivity index (χ3n) is 4.08. The van der Waals surface area contributed by atoms with Crippen molar-refractivity contribution >= 4 is 58.9 Å². The van der Waals surface area contributed by atoms with E-state index in [1.165, 1.54) is 37.4 Å². The van der Waals surface area contributed by atoms with E-state index in [1.807, 2.05) is 0 Å². The number of urea groups is 1. The lowest BCUT2D eigenvalue weighted by Crippen LogP contribution is -2.58. The Morgan fingerprint density at radius 2 is 1.97 bits per heavy atom. The zero-order valence-corrected chi connectivity index (χ0v) is 16.9. The molecule has 0 spiro atoms. The van der Waals surface area contributed by atoms with Crippen LogP contribution < -0.4 is 20.4 Å². The SMILES string of the molecule is COc1cccc(N2C(=O)NC(=O)[C@H](/C=N\NC(=O)c3ccc(Cl)cc3Cl)C2=O)c1. The summed E-state index contributed by atoms with van der Waals surface area (Å²) in [5.74, 6) is -3.39. The third-order valence-corrected chi connectivity index (χ3v) is 4.63. The van der Waals surface area contributed by atoms with Gasteiger partial charge in [0.2, 0.25) is 5.91 Å². The van der Waals surface area contributed by atoms with Gasteiger partial charge in [-0.1, -0.05) is 29.3 Å². The van der Waals surface area contributed by atoms with Gasteiger partial charge in [-0.3, -0.25) is 19.7 Å². The second-order valence-corrected chi connectivity index (χ2v) is 6.83. The molecule has 1 fully saturated rings. The summed E-state index contributed by atoms with van der Waals surface area (Å²) < 4.78 is 5.08. The van der Waals surface area contributed by atoms with Crippen LogP contribution in [-0.4, -0.2) is 37.1 Å². The van der Waals surface area contributed by atoms with E-state index < -0.39 is 29.7 Å². The van der Waals surface area contributed by atoms with Crippen molar-refractivity contribution in [1.82, 2.24) is 10.7 Å². The number of nitrogens with zero attached hydrogens (tertiary/aromatic N) is 2. The van der Waals surface area contributed by atoms with Gasteiger partial charge in [0.1, 0.15) is 5.75 Å². The van der Waals surface area contributed by atoms with E-state index in [-0.39, 0.29) is 16.3 Å².